The third-order valence-corrected chi connectivity index (χ3v) is 3.68. The number of aryl methyl sites for hydroxylation is 1. The second-order valence-electron chi connectivity index (χ2n) is 4.46. The predicted molar refractivity (Wildman–Crippen MR) is 80.7 cm³/mol. The average Bonchev–Trinajstić information content (AvgIpc) is 2.41. The lowest BCUT2D eigenvalue weighted by Gasteiger charge is -2.20. The van der Waals surface area contributed by atoms with Crippen molar-refractivity contribution in [2.75, 3.05) is 11.9 Å². The van der Waals surface area contributed by atoms with E-state index >= 15 is 0 Å². The van der Waals surface area contributed by atoms with Crippen LogP contribution >= 0.6 is 15.9 Å². The fourth-order valence-corrected chi connectivity index (χ4v) is 2.42. The molecular weight excluding hydrogens is 307 g/mol. The number of hydrogen-bond acceptors (Lipinski definition) is 2. The predicted octanol–water partition coefficient (Wildman–Crippen LogP) is 4.01. The zero-order valence-corrected chi connectivity index (χ0v) is 12.2. The van der Waals surface area contributed by atoms with Gasteiger partial charge in [-0.1, -0.05) is 33.6 Å². The van der Waals surface area contributed by atoms with E-state index in [1.165, 1.54) is 17.7 Å². The smallest absolute Gasteiger partial charge is 0.123 e. The van der Waals surface area contributed by atoms with Crippen molar-refractivity contribution in [1.82, 2.24) is 0 Å². The Morgan fingerprint density at radius 1 is 1.21 bits per heavy atom. The molecule has 19 heavy (non-hydrogen) atoms. The number of nitrogens with two attached hydrogens (primary N) is 1. The van der Waals surface area contributed by atoms with Gasteiger partial charge in [0.1, 0.15) is 5.82 Å². The Kier molecular flexibility index (Phi) is 4.56. The van der Waals surface area contributed by atoms with E-state index in [9.17, 15) is 4.39 Å². The maximum Gasteiger partial charge on any atom is 0.123 e. The highest BCUT2D eigenvalue weighted by Gasteiger charge is 2.13. The topological polar surface area (TPSA) is 38.0 Å². The van der Waals surface area contributed by atoms with Crippen LogP contribution in [-0.2, 0) is 0 Å². The molecule has 2 rings (SSSR count). The van der Waals surface area contributed by atoms with Gasteiger partial charge in [0.25, 0.3) is 0 Å². The molecule has 1 unspecified atom stereocenters. The summed E-state index contributed by atoms with van der Waals surface area (Å²) in [5.41, 5.74) is 8.78. The van der Waals surface area contributed by atoms with Crippen LogP contribution in [0.1, 0.15) is 17.2 Å². The number of anilines is 1. The van der Waals surface area contributed by atoms with Gasteiger partial charge < -0.3 is 11.1 Å². The molecule has 0 aliphatic carbocycles. The van der Waals surface area contributed by atoms with E-state index in [0.29, 0.717) is 6.54 Å². The van der Waals surface area contributed by atoms with Gasteiger partial charge in [-0.15, -0.1) is 0 Å². The summed E-state index contributed by atoms with van der Waals surface area (Å²) in [4.78, 5) is 0. The lowest BCUT2D eigenvalue weighted by atomic mass is 10.1. The summed E-state index contributed by atoms with van der Waals surface area (Å²) in [5.74, 6) is -0.262. The van der Waals surface area contributed by atoms with Crippen LogP contribution in [0.3, 0.4) is 0 Å². The maximum atomic E-state index is 13.3. The second kappa shape index (κ2) is 6.17. The molecule has 100 valence electrons. The largest absolute Gasteiger partial charge is 0.377 e. The zero-order chi connectivity index (χ0) is 13.8. The van der Waals surface area contributed by atoms with Crippen LogP contribution < -0.4 is 11.1 Å². The van der Waals surface area contributed by atoms with Crippen LogP contribution in [0.15, 0.2) is 46.9 Å². The third kappa shape index (κ3) is 3.55. The summed E-state index contributed by atoms with van der Waals surface area (Å²) in [7, 11) is 0. The van der Waals surface area contributed by atoms with Crippen molar-refractivity contribution in [3.8, 4) is 0 Å². The molecular formula is C15H16BrFN2. The summed E-state index contributed by atoms with van der Waals surface area (Å²) < 4.78 is 14.2. The first-order valence-corrected chi connectivity index (χ1v) is 6.87. The molecule has 0 heterocycles. The summed E-state index contributed by atoms with van der Waals surface area (Å²) in [6, 6.07) is 12.5. The number of hydrogen-bond donors (Lipinski definition) is 2. The van der Waals surface area contributed by atoms with Gasteiger partial charge >= 0.3 is 0 Å². The van der Waals surface area contributed by atoms with Crippen molar-refractivity contribution in [3.63, 3.8) is 0 Å². The first-order valence-electron chi connectivity index (χ1n) is 6.08. The highest BCUT2D eigenvalue weighted by atomic mass is 79.9. The first kappa shape index (κ1) is 14.0. The van der Waals surface area contributed by atoms with Crippen LogP contribution in [0.4, 0.5) is 10.1 Å². The molecule has 0 fully saturated rings. The minimum Gasteiger partial charge on any atom is -0.377 e. The number of benzene rings is 2. The van der Waals surface area contributed by atoms with Gasteiger partial charge in [-0.3, -0.25) is 0 Å². The Hall–Kier alpha value is -1.39. The molecule has 0 amide bonds. The van der Waals surface area contributed by atoms with Gasteiger partial charge in [0.05, 0.1) is 6.04 Å². The molecule has 0 saturated carbocycles. The third-order valence-electron chi connectivity index (χ3n) is 2.96. The van der Waals surface area contributed by atoms with E-state index < -0.39 is 0 Å². The van der Waals surface area contributed by atoms with Gasteiger partial charge in [-0.2, -0.15) is 0 Å². The van der Waals surface area contributed by atoms with Crippen LogP contribution in [0.5, 0.6) is 0 Å². The van der Waals surface area contributed by atoms with E-state index in [-0.39, 0.29) is 11.9 Å². The van der Waals surface area contributed by atoms with Crippen LogP contribution in [0.2, 0.25) is 0 Å². The quantitative estimate of drug-likeness (QED) is 0.892. The number of rotatable bonds is 4. The second-order valence-corrected chi connectivity index (χ2v) is 5.32. The molecule has 2 nitrogen and oxygen atoms in total. The fourth-order valence-electron chi connectivity index (χ4n) is 1.90. The summed E-state index contributed by atoms with van der Waals surface area (Å²) in [6.45, 7) is 2.42. The van der Waals surface area contributed by atoms with E-state index in [2.05, 4.69) is 21.2 Å². The molecule has 3 N–H and O–H groups in total. The van der Waals surface area contributed by atoms with Gasteiger partial charge in [-0.25, -0.2) is 4.39 Å². The van der Waals surface area contributed by atoms with Crippen LogP contribution in [0, 0.1) is 12.7 Å². The van der Waals surface area contributed by atoms with E-state index in [1.54, 1.807) is 6.07 Å². The minimum absolute atomic E-state index is 0.132. The fraction of sp³-hybridized carbons (Fsp3) is 0.200. The lowest BCUT2D eigenvalue weighted by Crippen LogP contribution is -2.21. The van der Waals surface area contributed by atoms with Crippen molar-refractivity contribution in [2.45, 2.75) is 13.0 Å². The number of halogens is 2. The molecule has 0 aliphatic heterocycles. The maximum absolute atomic E-state index is 13.3. The normalized spacial score (nSPS) is 12.2. The first-order chi connectivity index (χ1) is 9.10. The van der Waals surface area contributed by atoms with Gasteiger partial charge in [0.2, 0.25) is 0 Å². The Morgan fingerprint density at radius 3 is 2.53 bits per heavy atom. The van der Waals surface area contributed by atoms with Crippen molar-refractivity contribution >= 4 is 21.6 Å². The van der Waals surface area contributed by atoms with Crippen molar-refractivity contribution in [3.05, 3.63) is 63.9 Å². The van der Waals surface area contributed by atoms with E-state index in [0.717, 1.165) is 15.7 Å². The Morgan fingerprint density at radius 2 is 1.89 bits per heavy atom. The molecule has 0 radical (unpaired) electrons. The zero-order valence-electron chi connectivity index (χ0n) is 10.7. The highest BCUT2D eigenvalue weighted by Crippen LogP contribution is 2.27. The number of nitrogens with one attached hydrogen (secondary N) is 1. The van der Waals surface area contributed by atoms with Crippen molar-refractivity contribution < 1.29 is 4.39 Å². The summed E-state index contributed by atoms with van der Waals surface area (Å²) in [5, 5.41) is 3.32. The van der Waals surface area contributed by atoms with Gasteiger partial charge in [0.15, 0.2) is 0 Å². The molecule has 0 aliphatic rings. The van der Waals surface area contributed by atoms with Crippen molar-refractivity contribution in [2.24, 2.45) is 5.73 Å². The molecule has 0 bridgehead atoms. The van der Waals surface area contributed by atoms with Gasteiger partial charge in [-0.05, 0) is 42.8 Å². The minimum atomic E-state index is -0.262. The Bertz CT molecular complexity index is 555. The molecule has 0 saturated heterocycles. The molecule has 1 atom stereocenters. The highest BCUT2D eigenvalue weighted by molar-refractivity contribution is 9.10. The van der Waals surface area contributed by atoms with Crippen molar-refractivity contribution in [1.29, 1.82) is 0 Å². The molecule has 0 spiro atoms. The van der Waals surface area contributed by atoms with Crippen LogP contribution in [-0.4, -0.2) is 6.54 Å². The molecule has 2 aromatic carbocycles. The van der Waals surface area contributed by atoms with Crippen LogP contribution in [0.25, 0.3) is 0 Å². The standard InChI is InChI=1S/C15H16BrFN2/c1-10-2-5-12(6-3-10)19-15(9-18)13-8-11(17)4-7-14(13)16/h2-8,15,19H,9,18H2,1H3. The molecule has 0 aromatic heterocycles. The van der Waals surface area contributed by atoms with E-state index in [1.807, 2.05) is 31.2 Å². The summed E-state index contributed by atoms with van der Waals surface area (Å²) in [6.07, 6.45) is 0. The van der Waals surface area contributed by atoms with Gasteiger partial charge in [0, 0.05) is 16.7 Å². The SMILES string of the molecule is Cc1ccc(NC(CN)c2cc(F)ccc2Br)cc1. The molecule has 2 aromatic rings. The Balaban J connectivity index is 2.24. The monoisotopic (exact) mass is 322 g/mol. The van der Waals surface area contributed by atoms with E-state index in [4.69, 9.17) is 5.73 Å². The average molecular weight is 323 g/mol. The Labute approximate surface area is 121 Å². The summed E-state index contributed by atoms with van der Waals surface area (Å²) >= 11 is 3.43. The lowest BCUT2D eigenvalue weighted by molar-refractivity contribution is 0.621. The molecule has 4 heteroatoms.